The number of halogens is 1. The smallest absolute Gasteiger partial charge is 0.311 e. The van der Waals surface area contributed by atoms with Crippen LogP contribution >= 0.6 is 11.6 Å². The molecule has 1 aliphatic rings. The molecule has 1 saturated heterocycles. The van der Waals surface area contributed by atoms with Gasteiger partial charge in [0.15, 0.2) is 0 Å². The quantitative estimate of drug-likeness (QED) is 0.650. The summed E-state index contributed by atoms with van der Waals surface area (Å²) in [7, 11) is 0. The number of nitrogens with one attached hydrogen (secondary N) is 1. The summed E-state index contributed by atoms with van der Waals surface area (Å²) in [6.45, 7) is 0.884. The van der Waals surface area contributed by atoms with Crippen LogP contribution in [0.3, 0.4) is 0 Å². The van der Waals surface area contributed by atoms with Crippen molar-refractivity contribution in [1.82, 2.24) is 5.32 Å². The number of carbonyl (C=O) groups is 1. The number of nitro benzene ring substituents is 1. The van der Waals surface area contributed by atoms with E-state index in [1.54, 1.807) is 6.07 Å². The molecular formula is C12H13ClN2O4. The van der Waals surface area contributed by atoms with Gasteiger partial charge in [0.2, 0.25) is 0 Å². The van der Waals surface area contributed by atoms with Crippen molar-refractivity contribution < 1.29 is 14.8 Å². The van der Waals surface area contributed by atoms with Crippen molar-refractivity contribution in [3.8, 4) is 0 Å². The fourth-order valence-corrected chi connectivity index (χ4v) is 2.62. The van der Waals surface area contributed by atoms with Crippen LogP contribution < -0.4 is 5.32 Å². The fourth-order valence-electron chi connectivity index (χ4n) is 2.38. The molecular weight excluding hydrogens is 272 g/mol. The lowest BCUT2D eigenvalue weighted by molar-refractivity contribution is -0.385. The maximum absolute atomic E-state index is 11.5. The van der Waals surface area contributed by atoms with Gasteiger partial charge in [0.05, 0.1) is 15.4 Å². The molecule has 1 aliphatic heterocycles. The first-order valence-electron chi connectivity index (χ1n) is 5.82. The lowest BCUT2D eigenvalue weighted by Crippen LogP contribution is -2.35. The number of nitrogens with zero attached hydrogens (tertiary/aromatic N) is 1. The fraction of sp³-hybridized carbons (Fsp3) is 0.417. The average molecular weight is 285 g/mol. The first kappa shape index (κ1) is 13.8. The molecule has 102 valence electrons. The van der Waals surface area contributed by atoms with Gasteiger partial charge in [-0.15, -0.1) is 0 Å². The Morgan fingerprint density at radius 1 is 1.58 bits per heavy atom. The molecule has 1 aromatic carbocycles. The molecule has 7 heteroatoms. The van der Waals surface area contributed by atoms with E-state index in [4.69, 9.17) is 11.6 Å². The van der Waals surface area contributed by atoms with Gasteiger partial charge in [-0.25, -0.2) is 0 Å². The summed E-state index contributed by atoms with van der Waals surface area (Å²) >= 11 is 6.00. The third-order valence-corrected chi connectivity index (χ3v) is 3.86. The summed E-state index contributed by atoms with van der Waals surface area (Å²) in [5.41, 5.74) is -0.851. The van der Waals surface area contributed by atoms with Gasteiger partial charge in [-0.05, 0) is 25.5 Å². The Morgan fingerprint density at radius 2 is 2.32 bits per heavy atom. The third-order valence-electron chi connectivity index (χ3n) is 3.50. The second-order valence-electron chi connectivity index (χ2n) is 4.68. The lowest BCUT2D eigenvalue weighted by Gasteiger charge is -2.23. The Morgan fingerprint density at radius 3 is 2.84 bits per heavy atom. The van der Waals surface area contributed by atoms with Gasteiger partial charge < -0.3 is 10.4 Å². The van der Waals surface area contributed by atoms with E-state index in [-0.39, 0.29) is 17.1 Å². The van der Waals surface area contributed by atoms with Crippen LogP contribution in [0.2, 0.25) is 5.02 Å². The van der Waals surface area contributed by atoms with Crippen molar-refractivity contribution >= 4 is 23.3 Å². The zero-order valence-electron chi connectivity index (χ0n) is 10.1. The van der Waals surface area contributed by atoms with E-state index in [0.29, 0.717) is 25.1 Å². The van der Waals surface area contributed by atoms with E-state index < -0.39 is 16.3 Å². The van der Waals surface area contributed by atoms with Crippen molar-refractivity contribution in [3.63, 3.8) is 0 Å². The van der Waals surface area contributed by atoms with Gasteiger partial charge in [-0.1, -0.05) is 17.7 Å². The number of benzene rings is 1. The Bertz CT molecular complexity index is 526. The molecule has 1 atom stereocenters. The first-order valence-corrected chi connectivity index (χ1v) is 6.20. The normalized spacial score (nSPS) is 22.4. The number of aliphatic carboxylic acids is 1. The standard InChI is InChI=1S/C12H13ClN2O4/c13-9-2-1-3-10(15(18)19)8(9)6-12(11(16)17)4-5-14-7-12/h1-3,14H,4-7H2,(H,16,17). The van der Waals surface area contributed by atoms with E-state index in [2.05, 4.69) is 5.32 Å². The summed E-state index contributed by atoms with van der Waals surface area (Å²) < 4.78 is 0. The average Bonchev–Trinajstić information content (AvgIpc) is 2.81. The summed E-state index contributed by atoms with van der Waals surface area (Å²) in [4.78, 5) is 21.9. The molecule has 0 saturated carbocycles. The van der Waals surface area contributed by atoms with Crippen LogP contribution in [-0.2, 0) is 11.2 Å². The minimum atomic E-state index is -1.02. The van der Waals surface area contributed by atoms with Crippen LogP contribution in [0.1, 0.15) is 12.0 Å². The van der Waals surface area contributed by atoms with Crippen LogP contribution in [0.15, 0.2) is 18.2 Å². The molecule has 1 unspecified atom stereocenters. The molecule has 6 nitrogen and oxygen atoms in total. The molecule has 19 heavy (non-hydrogen) atoms. The molecule has 0 radical (unpaired) electrons. The molecule has 0 aromatic heterocycles. The second kappa shape index (κ2) is 5.14. The van der Waals surface area contributed by atoms with E-state index in [1.165, 1.54) is 12.1 Å². The summed E-state index contributed by atoms with van der Waals surface area (Å²) in [6, 6.07) is 4.38. The van der Waals surface area contributed by atoms with E-state index in [0.717, 1.165) is 0 Å². The largest absolute Gasteiger partial charge is 0.481 e. The SMILES string of the molecule is O=C(O)C1(Cc2c(Cl)cccc2[N+](=O)[O-])CCNC1. The molecule has 0 spiro atoms. The van der Waals surface area contributed by atoms with Gasteiger partial charge in [0.1, 0.15) is 0 Å². The van der Waals surface area contributed by atoms with Crippen LogP contribution in [0, 0.1) is 15.5 Å². The zero-order chi connectivity index (χ0) is 14.0. The van der Waals surface area contributed by atoms with Crippen molar-refractivity contribution in [1.29, 1.82) is 0 Å². The summed E-state index contributed by atoms with van der Waals surface area (Å²) in [6.07, 6.45) is 0.496. The van der Waals surface area contributed by atoms with Crippen LogP contribution in [-0.4, -0.2) is 29.1 Å². The Balaban J connectivity index is 2.42. The minimum absolute atomic E-state index is 0.0608. The van der Waals surface area contributed by atoms with Gasteiger partial charge in [-0.2, -0.15) is 0 Å². The van der Waals surface area contributed by atoms with Gasteiger partial charge in [-0.3, -0.25) is 14.9 Å². The van der Waals surface area contributed by atoms with Crippen molar-refractivity contribution in [2.24, 2.45) is 5.41 Å². The number of hydrogen-bond acceptors (Lipinski definition) is 4. The van der Waals surface area contributed by atoms with E-state index in [1.807, 2.05) is 0 Å². The molecule has 0 amide bonds. The highest BCUT2D eigenvalue weighted by atomic mass is 35.5. The van der Waals surface area contributed by atoms with Gasteiger partial charge in [0, 0.05) is 18.2 Å². The van der Waals surface area contributed by atoms with Crippen LogP contribution in [0.5, 0.6) is 0 Å². The van der Waals surface area contributed by atoms with E-state index in [9.17, 15) is 20.0 Å². The van der Waals surface area contributed by atoms with Crippen molar-refractivity contribution in [2.75, 3.05) is 13.1 Å². The predicted molar refractivity (Wildman–Crippen MR) is 69.4 cm³/mol. The molecule has 2 rings (SSSR count). The Hall–Kier alpha value is -1.66. The lowest BCUT2D eigenvalue weighted by atomic mass is 9.80. The summed E-state index contributed by atoms with van der Waals surface area (Å²) in [5, 5.41) is 23.6. The number of hydrogen-bond donors (Lipinski definition) is 2. The van der Waals surface area contributed by atoms with Crippen LogP contribution in [0.25, 0.3) is 0 Å². The second-order valence-corrected chi connectivity index (χ2v) is 5.09. The number of rotatable bonds is 4. The summed E-state index contributed by atoms with van der Waals surface area (Å²) in [5.74, 6) is -0.952. The molecule has 2 N–H and O–H groups in total. The monoisotopic (exact) mass is 284 g/mol. The van der Waals surface area contributed by atoms with Crippen molar-refractivity contribution in [2.45, 2.75) is 12.8 Å². The van der Waals surface area contributed by atoms with Crippen LogP contribution in [0.4, 0.5) is 5.69 Å². The maximum atomic E-state index is 11.5. The zero-order valence-corrected chi connectivity index (χ0v) is 10.8. The number of carboxylic acids is 1. The molecule has 0 aliphatic carbocycles. The highest BCUT2D eigenvalue weighted by Crippen LogP contribution is 2.36. The van der Waals surface area contributed by atoms with E-state index >= 15 is 0 Å². The highest BCUT2D eigenvalue weighted by molar-refractivity contribution is 6.31. The topological polar surface area (TPSA) is 92.5 Å². The highest BCUT2D eigenvalue weighted by Gasteiger charge is 2.43. The molecule has 1 heterocycles. The van der Waals surface area contributed by atoms with Gasteiger partial charge >= 0.3 is 5.97 Å². The molecule has 1 fully saturated rings. The third kappa shape index (κ3) is 2.54. The Kier molecular flexibility index (Phi) is 3.73. The Labute approximate surface area is 114 Å². The molecule has 0 bridgehead atoms. The number of nitro groups is 1. The van der Waals surface area contributed by atoms with Gasteiger partial charge in [0.25, 0.3) is 5.69 Å². The van der Waals surface area contributed by atoms with Crippen molar-refractivity contribution in [3.05, 3.63) is 38.9 Å². The maximum Gasteiger partial charge on any atom is 0.311 e. The molecule has 1 aromatic rings. The number of carboxylic acid groups (broad SMARTS) is 1. The minimum Gasteiger partial charge on any atom is -0.481 e. The first-order chi connectivity index (χ1) is 8.96. The predicted octanol–water partition coefficient (Wildman–Crippen LogP) is 1.85.